The number of anilines is 5. The van der Waals surface area contributed by atoms with E-state index in [-0.39, 0.29) is 12.5 Å². The van der Waals surface area contributed by atoms with Crippen molar-refractivity contribution in [1.29, 1.82) is 0 Å². The lowest BCUT2D eigenvalue weighted by molar-refractivity contribution is 0.631. The van der Waals surface area contributed by atoms with Gasteiger partial charge in [0, 0.05) is 39.6 Å². The van der Waals surface area contributed by atoms with Gasteiger partial charge in [-0.3, -0.25) is 0 Å². The number of halogens is 1. The minimum absolute atomic E-state index is 0.0334. The SMILES string of the molecule is Cc1ccccc1-c1cccc2c1Nc1cc(-c3ccccc3F)cc3c1B2c1ccccc1N3c1ccccc1. The van der Waals surface area contributed by atoms with Gasteiger partial charge in [0.2, 0.25) is 0 Å². The third kappa shape index (κ3) is 3.64. The molecule has 2 nitrogen and oxygen atoms in total. The molecule has 0 unspecified atom stereocenters. The maximum absolute atomic E-state index is 15.2. The van der Waals surface area contributed by atoms with Crippen LogP contribution in [-0.4, -0.2) is 6.71 Å². The van der Waals surface area contributed by atoms with E-state index in [4.69, 9.17) is 0 Å². The maximum atomic E-state index is 15.2. The van der Waals surface area contributed by atoms with Crippen molar-refractivity contribution in [2.75, 3.05) is 10.2 Å². The van der Waals surface area contributed by atoms with E-state index < -0.39 is 0 Å². The lowest BCUT2D eigenvalue weighted by Gasteiger charge is -2.41. The molecule has 0 bridgehead atoms. The smallest absolute Gasteiger partial charge is 0.252 e. The van der Waals surface area contributed by atoms with Crippen LogP contribution in [0.25, 0.3) is 22.3 Å². The fraction of sp³-hybridized carbons (Fsp3) is 0.0270. The van der Waals surface area contributed by atoms with E-state index in [0.717, 1.165) is 34.0 Å². The molecule has 1 N–H and O–H groups in total. The molecule has 0 amide bonds. The fourth-order valence-electron chi connectivity index (χ4n) is 6.66. The van der Waals surface area contributed by atoms with Gasteiger partial charge in [-0.25, -0.2) is 4.39 Å². The molecule has 2 heterocycles. The first-order valence-electron chi connectivity index (χ1n) is 14.0. The number of para-hydroxylation sites is 3. The Labute approximate surface area is 239 Å². The molecule has 0 aromatic heterocycles. The Balaban J connectivity index is 1.46. The highest BCUT2D eigenvalue weighted by molar-refractivity contribution is 7.00. The highest BCUT2D eigenvalue weighted by Gasteiger charge is 2.41. The van der Waals surface area contributed by atoms with Gasteiger partial charge in [-0.2, -0.15) is 0 Å². The van der Waals surface area contributed by atoms with E-state index in [1.807, 2.05) is 18.2 Å². The van der Waals surface area contributed by atoms with Crippen LogP contribution in [0.1, 0.15) is 5.56 Å². The standard InChI is InChI=1S/C37H26BFN2/c1-24-12-5-6-15-27(24)29-17-11-19-31-37(29)40-33-22-25(28-16-7-9-20-32(28)39)23-35-36(33)38(31)30-18-8-10-21-34(30)41(35)26-13-3-2-4-14-26/h2-23,40H,1H3. The Morgan fingerprint density at radius 3 is 2.12 bits per heavy atom. The summed E-state index contributed by atoms with van der Waals surface area (Å²) in [5.74, 6) is -0.226. The predicted octanol–water partition coefficient (Wildman–Crippen LogP) is 7.82. The van der Waals surface area contributed by atoms with Gasteiger partial charge >= 0.3 is 0 Å². The van der Waals surface area contributed by atoms with Crippen molar-refractivity contribution in [2.24, 2.45) is 0 Å². The summed E-state index contributed by atoms with van der Waals surface area (Å²) < 4.78 is 15.2. The van der Waals surface area contributed by atoms with E-state index in [1.54, 1.807) is 6.07 Å². The van der Waals surface area contributed by atoms with Crippen LogP contribution in [0.3, 0.4) is 0 Å². The highest BCUT2D eigenvalue weighted by atomic mass is 19.1. The predicted molar refractivity (Wildman–Crippen MR) is 171 cm³/mol. The first-order chi connectivity index (χ1) is 20.2. The number of hydrogen-bond donors (Lipinski definition) is 1. The van der Waals surface area contributed by atoms with Crippen molar-refractivity contribution >= 4 is 51.5 Å². The van der Waals surface area contributed by atoms with Gasteiger partial charge in [0.05, 0.1) is 0 Å². The van der Waals surface area contributed by atoms with Crippen LogP contribution in [0.5, 0.6) is 0 Å². The summed E-state index contributed by atoms with van der Waals surface area (Å²) in [5, 5.41) is 3.86. The van der Waals surface area contributed by atoms with Gasteiger partial charge < -0.3 is 10.2 Å². The Morgan fingerprint density at radius 2 is 1.29 bits per heavy atom. The molecule has 0 saturated heterocycles. The van der Waals surface area contributed by atoms with E-state index >= 15 is 4.39 Å². The third-order valence-electron chi connectivity index (χ3n) is 8.48. The molecule has 0 fully saturated rings. The van der Waals surface area contributed by atoms with Gasteiger partial charge in [0.15, 0.2) is 0 Å². The second-order valence-electron chi connectivity index (χ2n) is 10.8. The zero-order valence-corrected chi connectivity index (χ0v) is 22.6. The summed E-state index contributed by atoms with van der Waals surface area (Å²) in [6.45, 7) is 2.19. The lowest BCUT2D eigenvalue weighted by atomic mass is 9.33. The quantitative estimate of drug-likeness (QED) is 0.235. The van der Waals surface area contributed by atoms with Crippen LogP contribution in [0, 0.1) is 12.7 Å². The first-order valence-corrected chi connectivity index (χ1v) is 14.0. The minimum atomic E-state index is -0.226. The second kappa shape index (κ2) is 9.24. The molecule has 6 aromatic rings. The summed E-state index contributed by atoms with van der Waals surface area (Å²) in [6, 6.07) is 45.6. The first kappa shape index (κ1) is 23.8. The summed E-state index contributed by atoms with van der Waals surface area (Å²) in [5.41, 5.74) is 14.2. The van der Waals surface area contributed by atoms with Crippen molar-refractivity contribution in [1.82, 2.24) is 0 Å². The van der Waals surface area contributed by atoms with Crippen LogP contribution in [-0.2, 0) is 0 Å². The van der Waals surface area contributed by atoms with Crippen LogP contribution in [0.4, 0.5) is 32.8 Å². The molecule has 6 aromatic carbocycles. The van der Waals surface area contributed by atoms with E-state index in [2.05, 4.69) is 120 Å². The molecular weight excluding hydrogens is 502 g/mol. The molecule has 8 rings (SSSR count). The van der Waals surface area contributed by atoms with Gasteiger partial charge in [-0.15, -0.1) is 0 Å². The zero-order valence-electron chi connectivity index (χ0n) is 22.6. The summed E-state index contributed by atoms with van der Waals surface area (Å²) in [6.07, 6.45) is 0. The zero-order chi connectivity index (χ0) is 27.5. The van der Waals surface area contributed by atoms with Crippen LogP contribution >= 0.6 is 0 Å². The van der Waals surface area contributed by atoms with Crippen molar-refractivity contribution in [3.63, 3.8) is 0 Å². The molecule has 0 spiro atoms. The summed E-state index contributed by atoms with van der Waals surface area (Å²) >= 11 is 0. The van der Waals surface area contributed by atoms with Crippen molar-refractivity contribution in [2.45, 2.75) is 6.92 Å². The molecular formula is C37H26BFN2. The van der Waals surface area contributed by atoms with Gasteiger partial charge in [-0.1, -0.05) is 97.1 Å². The normalized spacial score (nSPS) is 12.7. The Kier molecular flexibility index (Phi) is 5.36. The van der Waals surface area contributed by atoms with Crippen molar-refractivity contribution < 1.29 is 4.39 Å². The average molecular weight is 528 g/mol. The Bertz CT molecular complexity index is 1970. The van der Waals surface area contributed by atoms with Crippen LogP contribution in [0.15, 0.2) is 133 Å². The molecule has 4 heteroatoms. The van der Waals surface area contributed by atoms with E-state index in [0.29, 0.717) is 5.56 Å². The Hall–Kier alpha value is -5.09. The maximum Gasteiger partial charge on any atom is 0.252 e. The van der Waals surface area contributed by atoms with Crippen molar-refractivity contribution in [3.05, 3.63) is 145 Å². The molecule has 2 aliphatic heterocycles. The topological polar surface area (TPSA) is 15.3 Å². The number of nitrogens with zero attached hydrogens (tertiary/aromatic N) is 1. The summed E-state index contributed by atoms with van der Waals surface area (Å²) in [4.78, 5) is 2.33. The largest absolute Gasteiger partial charge is 0.356 e. The minimum Gasteiger partial charge on any atom is -0.356 e. The van der Waals surface area contributed by atoms with E-state index in [9.17, 15) is 0 Å². The molecule has 0 saturated carbocycles. The van der Waals surface area contributed by atoms with E-state index in [1.165, 1.54) is 39.1 Å². The van der Waals surface area contributed by atoms with Gasteiger partial charge in [0.1, 0.15) is 5.82 Å². The Morgan fingerprint density at radius 1 is 0.610 bits per heavy atom. The molecule has 41 heavy (non-hydrogen) atoms. The average Bonchev–Trinajstić information content (AvgIpc) is 3.01. The number of nitrogens with one attached hydrogen (secondary N) is 1. The number of hydrogen-bond acceptors (Lipinski definition) is 2. The van der Waals surface area contributed by atoms with Crippen LogP contribution in [0.2, 0.25) is 0 Å². The molecule has 0 radical (unpaired) electrons. The number of aryl methyl sites for hydroxylation is 1. The highest BCUT2D eigenvalue weighted by Crippen LogP contribution is 2.43. The number of fused-ring (bicyclic) bond motifs is 4. The molecule has 194 valence electrons. The second-order valence-corrected chi connectivity index (χ2v) is 10.8. The van der Waals surface area contributed by atoms with Crippen molar-refractivity contribution in [3.8, 4) is 22.3 Å². The lowest BCUT2D eigenvalue weighted by Crippen LogP contribution is -2.60. The fourth-order valence-corrected chi connectivity index (χ4v) is 6.66. The third-order valence-corrected chi connectivity index (χ3v) is 8.48. The number of rotatable bonds is 3. The number of benzene rings is 6. The molecule has 0 atom stereocenters. The van der Waals surface area contributed by atoms with Gasteiger partial charge in [-0.05, 0) is 76.4 Å². The molecule has 2 aliphatic rings. The van der Waals surface area contributed by atoms with Crippen LogP contribution < -0.4 is 26.6 Å². The summed E-state index contributed by atoms with van der Waals surface area (Å²) in [7, 11) is 0. The molecule has 0 aliphatic carbocycles. The monoisotopic (exact) mass is 528 g/mol. The van der Waals surface area contributed by atoms with Gasteiger partial charge in [0.25, 0.3) is 6.71 Å².